The van der Waals surface area contributed by atoms with Gasteiger partial charge in [0.25, 0.3) is 5.91 Å². The van der Waals surface area contributed by atoms with Gasteiger partial charge >= 0.3 is 6.03 Å². The van der Waals surface area contributed by atoms with E-state index in [0.29, 0.717) is 29.1 Å². The van der Waals surface area contributed by atoms with Gasteiger partial charge in [-0.25, -0.2) is 14.2 Å². The third-order valence-electron chi connectivity index (χ3n) is 5.63. The summed E-state index contributed by atoms with van der Waals surface area (Å²) in [6, 6.07) is 15.2. The van der Waals surface area contributed by atoms with Gasteiger partial charge in [-0.1, -0.05) is 6.07 Å². The second-order valence-corrected chi connectivity index (χ2v) is 9.14. The highest BCUT2D eigenvalue weighted by Crippen LogP contribution is 2.20. The average molecular weight is 519 g/mol. The lowest BCUT2D eigenvalue weighted by molar-refractivity contribution is 0.0949. The number of imidazole rings is 1. The lowest BCUT2D eigenvalue weighted by Gasteiger charge is -2.14. The largest absolute Gasteiger partial charge is 0.348 e. The Morgan fingerprint density at radius 3 is 2.46 bits per heavy atom. The quantitative estimate of drug-likeness (QED) is 0.210. The number of halogens is 1. The highest BCUT2D eigenvalue weighted by atomic mass is 32.2. The van der Waals surface area contributed by atoms with Crippen LogP contribution in [0.25, 0.3) is 0 Å². The zero-order valence-electron chi connectivity index (χ0n) is 20.3. The summed E-state index contributed by atoms with van der Waals surface area (Å²) in [6.07, 6.45) is 8.77. The number of carbonyl (C=O) groups excluding carboxylic acids is 2. The molecule has 0 atom stereocenters. The lowest BCUT2D eigenvalue weighted by atomic mass is 9.99. The molecule has 0 spiro atoms. The normalized spacial score (nSPS) is 10.6. The van der Waals surface area contributed by atoms with Gasteiger partial charge in [0.15, 0.2) is 0 Å². The maximum atomic E-state index is 13.1. The van der Waals surface area contributed by atoms with E-state index in [9.17, 15) is 14.0 Å². The van der Waals surface area contributed by atoms with Gasteiger partial charge in [-0.2, -0.15) is 0 Å². The number of hydrogen-bond donors (Lipinski definition) is 4. The molecule has 4 aromatic rings. The summed E-state index contributed by atoms with van der Waals surface area (Å²) in [5.41, 5.74) is 4.01. The van der Waals surface area contributed by atoms with E-state index in [0.717, 1.165) is 35.2 Å². The molecule has 0 radical (unpaired) electrons. The van der Waals surface area contributed by atoms with Gasteiger partial charge in [0.1, 0.15) is 5.82 Å². The Hall–Kier alpha value is -4.18. The van der Waals surface area contributed by atoms with E-state index in [1.54, 1.807) is 36.4 Å². The van der Waals surface area contributed by atoms with Crippen LogP contribution in [0.5, 0.6) is 0 Å². The summed E-state index contributed by atoms with van der Waals surface area (Å²) in [7, 11) is 0. The van der Waals surface area contributed by atoms with Gasteiger partial charge < -0.3 is 20.9 Å². The van der Waals surface area contributed by atoms with Gasteiger partial charge in [-0.05, 0) is 79.6 Å². The molecule has 2 aromatic carbocycles. The molecule has 10 heteroatoms. The summed E-state index contributed by atoms with van der Waals surface area (Å²) in [6.45, 7) is 0.150. The molecular formula is C27H27FN6O2S. The fraction of sp³-hybridized carbons (Fsp3) is 0.185. The fourth-order valence-electron chi connectivity index (χ4n) is 3.72. The van der Waals surface area contributed by atoms with E-state index in [1.807, 2.05) is 36.6 Å². The molecule has 0 aliphatic heterocycles. The number of rotatable bonds is 10. The first-order chi connectivity index (χ1) is 18.0. The molecule has 0 aliphatic carbocycles. The standard InChI is InChI=1S/C27H27FN6O2S/c1-37-24-11-9-20(10-12-24)33-27(36)34-21-7-5-18(3-2-4-22-15-29-17-32-22)25(13-21)26(35)31-16-23-8-6-19(28)14-30-23/h5-15,17H,2-4,16H2,1H3,(H,29,32)(H,31,35)(H2,33,34,36). The molecule has 0 unspecified atom stereocenters. The van der Waals surface area contributed by atoms with Crippen LogP contribution >= 0.6 is 11.8 Å². The monoisotopic (exact) mass is 518 g/mol. The first-order valence-corrected chi connectivity index (χ1v) is 12.9. The Morgan fingerprint density at radius 1 is 0.973 bits per heavy atom. The fourth-order valence-corrected chi connectivity index (χ4v) is 4.13. The number of aryl methyl sites for hydroxylation is 2. The number of amides is 3. The van der Waals surface area contributed by atoms with Gasteiger partial charge in [0.2, 0.25) is 0 Å². The van der Waals surface area contributed by atoms with Crippen LogP contribution in [-0.4, -0.2) is 33.1 Å². The number of nitrogens with one attached hydrogen (secondary N) is 4. The van der Waals surface area contributed by atoms with E-state index >= 15 is 0 Å². The Kier molecular flexibility index (Phi) is 8.88. The van der Waals surface area contributed by atoms with Crippen LogP contribution in [0.3, 0.4) is 0 Å². The van der Waals surface area contributed by atoms with Crippen molar-refractivity contribution in [2.45, 2.75) is 30.7 Å². The number of aromatic nitrogens is 3. The summed E-state index contributed by atoms with van der Waals surface area (Å²) in [4.78, 5) is 37.9. The summed E-state index contributed by atoms with van der Waals surface area (Å²) >= 11 is 1.62. The van der Waals surface area contributed by atoms with Crippen molar-refractivity contribution in [2.24, 2.45) is 0 Å². The number of H-pyrrole nitrogens is 1. The predicted octanol–water partition coefficient (Wildman–Crippen LogP) is 5.42. The molecule has 3 amide bonds. The molecule has 0 fully saturated rings. The molecule has 2 heterocycles. The van der Waals surface area contributed by atoms with Crippen LogP contribution in [0, 0.1) is 5.82 Å². The minimum absolute atomic E-state index is 0.150. The van der Waals surface area contributed by atoms with E-state index < -0.39 is 11.8 Å². The summed E-state index contributed by atoms with van der Waals surface area (Å²) in [5.74, 6) is -0.744. The first-order valence-electron chi connectivity index (χ1n) is 11.7. The molecule has 0 bridgehead atoms. The van der Waals surface area contributed by atoms with Crippen LogP contribution in [0.4, 0.5) is 20.6 Å². The second-order valence-electron chi connectivity index (χ2n) is 8.26. The SMILES string of the molecule is CSc1ccc(NC(=O)Nc2ccc(CCCc3cnc[nH]3)c(C(=O)NCc3ccc(F)cn3)c2)cc1. The van der Waals surface area contributed by atoms with Gasteiger partial charge in [0, 0.05) is 33.7 Å². The van der Waals surface area contributed by atoms with E-state index in [-0.39, 0.29) is 12.5 Å². The maximum absolute atomic E-state index is 13.1. The minimum atomic E-state index is -0.438. The molecule has 4 rings (SSSR count). The molecule has 2 aromatic heterocycles. The zero-order chi connectivity index (χ0) is 26.0. The number of aromatic amines is 1. The number of pyridine rings is 1. The average Bonchev–Trinajstić information content (AvgIpc) is 3.43. The Labute approximate surface area is 218 Å². The predicted molar refractivity (Wildman–Crippen MR) is 143 cm³/mol. The number of hydrogen-bond acceptors (Lipinski definition) is 5. The number of nitrogens with zero attached hydrogens (tertiary/aromatic N) is 2. The van der Waals surface area contributed by atoms with Crippen molar-refractivity contribution in [3.05, 3.63) is 102 Å². The molecule has 8 nitrogen and oxygen atoms in total. The van der Waals surface area contributed by atoms with Crippen LogP contribution < -0.4 is 16.0 Å². The molecule has 0 saturated carbocycles. The minimum Gasteiger partial charge on any atom is -0.348 e. The highest BCUT2D eigenvalue weighted by Gasteiger charge is 2.14. The van der Waals surface area contributed by atoms with E-state index in [1.165, 1.54) is 12.1 Å². The summed E-state index contributed by atoms with van der Waals surface area (Å²) in [5, 5.41) is 8.44. The van der Waals surface area contributed by atoms with Crippen LogP contribution in [0.1, 0.15) is 33.7 Å². The number of thioether (sulfide) groups is 1. The van der Waals surface area contributed by atoms with Crippen molar-refractivity contribution in [2.75, 3.05) is 16.9 Å². The van der Waals surface area contributed by atoms with Gasteiger partial charge in [-0.15, -0.1) is 11.8 Å². The maximum Gasteiger partial charge on any atom is 0.323 e. The van der Waals surface area contributed by atoms with Crippen molar-refractivity contribution in [3.8, 4) is 0 Å². The lowest BCUT2D eigenvalue weighted by Crippen LogP contribution is -2.25. The zero-order valence-corrected chi connectivity index (χ0v) is 21.1. The second kappa shape index (κ2) is 12.7. The third-order valence-corrected chi connectivity index (χ3v) is 6.37. The van der Waals surface area contributed by atoms with Crippen molar-refractivity contribution in [1.82, 2.24) is 20.3 Å². The number of urea groups is 1. The molecule has 0 saturated heterocycles. The molecule has 0 aliphatic rings. The molecule has 37 heavy (non-hydrogen) atoms. The van der Waals surface area contributed by atoms with Gasteiger partial charge in [0.05, 0.1) is 24.8 Å². The number of carbonyl (C=O) groups is 2. The Morgan fingerprint density at radius 2 is 1.76 bits per heavy atom. The van der Waals surface area contributed by atoms with Crippen LogP contribution in [-0.2, 0) is 19.4 Å². The van der Waals surface area contributed by atoms with E-state index in [4.69, 9.17) is 0 Å². The molecule has 4 N–H and O–H groups in total. The Balaban J connectivity index is 1.45. The van der Waals surface area contributed by atoms with E-state index in [2.05, 4.69) is 30.9 Å². The number of anilines is 2. The first kappa shape index (κ1) is 25.9. The molecular weight excluding hydrogens is 491 g/mol. The Bertz CT molecular complexity index is 1330. The van der Waals surface area contributed by atoms with Crippen molar-refractivity contribution < 1.29 is 14.0 Å². The number of benzene rings is 2. The van der Waals surface area contributed by atoms with Crippen molar-refractivity contribution in [1.29, 1.82) is 0 Å². The third kappa shape index (κ3) is 7.65. The van der Waals surface area contributed by atoms with Crippen LogP contribution in [0.2, 0.25) is 0 Å². The molecule has 190 valence electrons. The van der Waals surface area contributed by atoms with Gasteiger partial charge in [-0.3, -0.25) is 9.78 Å². The van der Waals surface area contributed by atoms with Crippen LogP contribution in [0.15, 0.2) is 78.2 Å². The van der Waals surface area contributed by atoms with Crippen molar-refractivity contribution in [3.63, 3.8) is 0 Å². The summed E-state index contributed by atoms with van der Waals surface area (Å²) < 4.78 is 13.1. The topological polar surface area (TPSA) is 112 Å². The highest BCUT2D eigenvalue weighted by molar-refractivity contribution is 7.98. The smallest absolute Gasteiger partial charge is 0.323 e. The van der Waals surface area contributed by atoms with Crippen molar-refractivity contribution >= 4 is 35.1 Å².